The van der Waals surface area contributed by atoms with E-state index >= 15 is 0 Å². The molecule has 0 saturated heterocycles. The molecule has 0 fully saturated rings. The molecule has 3 rings (SSSR count). The van der Waals surface area contributed by atoms with Crippen LogP contribution in [0.5, 0.6) is 5.75 Å². The topological polar surface area (TPSA) is 35.3 Å². The van der Waals surface area contributed by atoms with Gasteiger partial charge in [-0.15, -0.1) is 0 Å². The monoisotopic (exact) mass is 251 g/mol. The zero-order chi connectivity index (χ0) is 12.9. The highest BCUT2D eigenvalue weighted by Gasteiger charge is 2.02. The zero-order valence-corrected chi connectivity index (χ0v) is 10.3. The molecule has 3 aromatic rings. The van der Waals surface area contributed by atoms with E-state index in [1.54, 1.807) is 12.5 Å². The second kappa shape index (κ2) is 5.40. The van der Waals surface area contributed by atoms with E-state index in [0.717, 1.165) is 16.9 Å². The molecule has 0 aliphatic rings. The first-order chi connectivity index (χ1) is 9.42. The number of hydrogen-bond donors (Lipinski definition) is 0. The Labute approximate surface area is 111 Å². The van der Waals surface area contributed by atoms with E-state index in [0.29, 0.717) is 12.5 Å². The molecule has 2 aromatic carbocycles. The Morgan fingerprint density at radius 2 is 1.74 bits per heavy atom. The van der Waals surface area contributed by atoms with Crippen molar-refractivity contribution >= 4 is 0 Å². The molecule has 0 bridgehead atoms. The van der Waals surface area contributed by atoms with Crippen LogP contribution in [0.15, 0.2) is 71.5 Å². The van der Waals surface area contributed by atoms with E-state index in [4.69, 9.17) is 9.15 Å². The van der Waals surface area contributed by atoms with E-state index in [9.17, 15) is 0 Å². The fraction of sp³-hybridized carbons (Fsp3) is 0.0625. The van der Waals surface area contributed by atoms with Gasteiger partial charge in [0.05, 0.1) is 6.20 Å². The molecule has 0 aliphatic carbocycles. The van der Waals surface area contributed by atoms with Gasteiger partial charge in [-0.1, -0.05) is 30.3 Å². The van der Waals surface area contributed by atoms with Gasteiger partial charge >= 0.3 is 0 Å². The number of benzene rings is 2. The molecular weight excluding hydrogens is 238 g/mol. The van der Waals surface area contributed by atoms with Crippen molar-refractivity contribution in [2.24, 2.45) is 0 Å². The average Bonchev–Trinajstić information content (AvgIpc) is 3.01. The van der Waals surface area contributed by atoms with Crippen molar-refractivity contribution in [2.75, 3.05) is 0 Å². The molecule has 1 aromatic heterocycles. The molecule has 3 nitrogen and oxygen atoms in total. The molecule has 1 heterocycles. The van der Waals surface area contributed by atoms with E-state index < -0.39 is 0 Å². The number of oxazole rings is 1. The minimum atomic E-state index is 0.569. The second-order valence-electron chi connectivity index (χ2n) is 4.14. The van der Waals surface area contributed by atoms with E-state index in [2.05, 4.69) is 4.98 Å². The van der Waals surface area contributed by atoms with Crippen LogP contribution < -0.4 is 4.74 Å². The molecule has 0 unspecified atom stereocenters. The fourth-order valence-corrected chi connectivity index (χ4v) is 1.80. The van der Waals surface area contributed by atoms with Crippen molar-refractivity contribution in [1.82, 2.24) is 4.98 Å². The summed E-state index contributed by atoms with van der Waals surface area (Å²) in [5.41, 5.74) is 2.09. The van der Waals surface area contributed by atoms with Gasteiger partial charge in [0.2, 0.25) is 5.89 Å². The summed E-state index contributed by atoms with van der Waals surface area (Å²) >= 11 is 0. The normalized spacial score (nSPS) is 10.3. The highest BCUT2D eigenvalue weighted by Crippen LogP contribution is 2.21. The van der Waals surface area contributed by atoms with Crippen LogP contribution in [0, 0.1) is 0 Å². The van der Waals surface area contributed by atoms with E-state index in [1.807, 2.05) is 54.6 Å². The summed E-state index contributed by atoms with van der Waals surface area (Å²) in [4.78, 5) is 4.10. The van der Waals surface area contributed by atoms with Crippen molar-refractivity contribution in [3.05, 3.63) is 72.6 Å². The SMILES string of the molecule is c1ccc(COc2ccc(-c3ncco3)cc2)cc1. The van der Waals surface area contributed by atoms with Gasteiger partial charge in [0.15, 0.2) is 0 Å². The Bertz CT molecular complexity index is 616. The summed E-state index contributed by atoms with van der Waals surface area (Å²) in [6, 6.07) is 17.8. The van der Waals surface area contributed by atoms with E-state index in [-0.39, 0.29) is 0 Å². The first-order valence-corrected chi connectivity index (χ1v) is 6.08. The minimum absolute atomic E-state index is 0.569. The highest BCUT2D eigenvalue weighted by molar-refractivity contribution is 5.54. The molecule has 0 spiro atoms. The van der Waals surface area contributed by atoms with Crippen LogP contribution in [0.1, 0.15) is 5.56 Å². The maximum Gasteiger partial charge on any atom is 0.225 e. The lowest BCUT2D eigenvalue weighted by Gasteiger charge is -2.06. The van der Waals surface area contributed by atoms with Gasteiger partial charge < -0.3 is 9.15 Å². The Morgan fingerprint density at radius 3 is 2.42 bits per heavy atom. The quantitative estimate of drug-likeness (QED) is 0.705. The van der Waals surface area contributed by atoms with Crippen molar-refractivity contribution in [1.29, 1.82) is 0 Å². The van der Waals surface area contributed by atoms with Gasteiger partial charge in [0, 0.05) is 5.56 Å². The molecule has 0 aliphatic heterocycles. The lowest BCUT2D eigenvalue weighted by atomic mass is 10.2. The van der Waals surface area contributed by atoms with Crippen molar-refractivity contribution in [3.63, 3.8) is 0 Å². The molecule has 94 valence electrons. The van der Waals surface area contributed by atoms with Gasteiger partial charge in [-0.3, -0.25) is 0 Å². The van der Waals surface area contributed by atoms with Crippen LogP contribution in [0.2, 0.25) is 0 Å². The molecule has 0 radical (unpaired) electrons. The van der Waals surface area contributed by atoms with Gasteiger partial charge in [-0.25, -0.2) is 4.98 Å². The van der Waals surface area contributed by atoms with Crippen LogP contribution in [0.3, 0.4) is 0 Å². The number of ether oxygens (including phenoxy) is 1. The molecular formula is C16H13NO2. The summed E-state index contributed by atoms with van der Waals surface area (Å²) in [6.45, 7) is 0.569. The molecule has 0 amide bonds. The first kappa shape index (κ1) is 11.5. The second-order valence-corrected chi connectivity index (χ2v) is 4.14. The number of hydrogen-bond acceptors (Lipinski definition) is 3. The van der Waals surface area contributed by atoms with Gasteiger partial charge in [-0.2, -0.15) is 0 Å². The van der Waals surface area contributed by atoms with Crippen LogP contribution in [0.4, 0.5) is 0 Å². The summed E-state index contributed by atoms with van der Waals surface area (Å²) in [5.74, 6) is 1.45. The Hall–Kier alpha value is -2.55. The Balaban J connectivity index is 1.67. The third kappa shape index (κ3) is 2.83. The standard InChI is InChI=1S/C16H13NO2/c1-2-4-13(5-3-1)12-19-15-8-6-14(7-9-15)16-17-10-11-18-16/h1-11H,12H2. The lowest BCUT2D eigenvalue weighted by molar-refractivity contribution is 0.306. The van der Waals surface area contributed by atoms with Crippen molar-refractivity contribution < 1.29 is 9.15 Å². The van der Waals surface area contributed by atoms with Crippen molar-refractivity contribution in [3.8, 4) is 17.2 Å². The molecule has 19 heavy (non-hydrogen) atoms. The Kier molecular flexibility index (Phi) is 3.28. The van der Waals surface area contributed by atoms with Crippen LogP contribution in [-0.4, -0.2) is 4.98 Å². The summed E-state index contributed by atoms with van der Waals surface area (Å²) < 4.78 is 11.0. The van der Waals surface area contributed by atoms with Crippen LogP contribution >= 0.6 is 0 Å². The van der Waals surface area contributed by atoms with Gasteiger partial charge in [0.1, 0.15) is 18.6 Å². The van der Waals surface area contributed by atoms with Gasteiger partial charge in [0.25, 0.3) is 0 Å². The molecule has 0 saturated carbocycles. The molecule has 0 N–H and O–H groups in total. The van der Waals surface area contributed by atoms with Crippen LogP contribution in [0.25, 0.3) is 11.5 Å². The average molecular weight is 251 g/mol. The first-order valence-electron chi connectivity index (χ1n) is 6.08. The fourth-order valence-electron chi connectivity index (χ4n) is 1.80. The third-order valence-electron chi connectivity index (χ3n) is 2.78. The predicted octanol–water partition coefficient (Wildman–Crippen LogP) is 3.92. The van der Waals surface area contributed by atoms with Crippen molar-refractivity contribution in [2.45, 2.75) is 6.61 Å². The number of aromatic nitrogens is 1. The largest absolute Gasteiger partial charge is 0.489 e. The minimum Gasteiger partial charge on any atom is -0.489 e. The smallest absolute Gasteiger partial charge is 0.225 e. The maximum atomic E-state index is 5.71. The third-order valence-corrected chi connectivity index (χ3v) is 2.78. The number of rotatable bonds is 4. The molecule has 0 atom stereocenters. The summed E-state index contributed by atoms with van der Waals surface area (Å²) in [7, 11) is 0. The zero-order valence-electron chi connectivity index (χ0n) is 10.3. The Morgan fingerprint density at radius 1 is 0.947 bits per heavy atom. The maximum absolute atomic E-state index is 5.71. The van der Waals surface area contributed by atoms with E-state index in [1.165, 1.54) is 0 Å². The molecule has 3 heteroatoms. The van der Waals surface area contributed by atoms with Crippen LogP contribution in [-0.2, 0) is 6.61 Å². The number of nitrogens with zero attached hydrogens (tertiary/aromatic N) is 1. The summed E-state index contributed by atoms with van der Waals surface area (Å²) in [6.07, 6.45) is 3.20. The summed E-state index contributed by atoms with van der Waals surface area (Å²) in [5, 5.41) is 0. The van der Waals surface area contributed by atoms with Gasteiger partial charge in [-0.05, 0) is 29.8 Å². The predicted molar refractivity (Wildman–Crippen MR) is 72.7 cm³/mol. The lowest BCUT2D eigenvalue weighted by Crippen LogP contribution is -1.94. The highest BCUT2D eigenvalue weighted by atomic mass is 16.5.